The lowest BCUT2D eigenvalue weighted by molar-refractivity contribution is -0.895. The van der Waals surface area contributed by atoms with Crippen LogP contribution in [-0.4, -0.2) is 88.4 Å². The van der Waals surface area contributed by atoms with Gasteiger partial charge in [-0.25, -0.2) is 4.79 Å². The summed E-state index contributed by atoms with van der Waals surface area (Å²) in [5, 5.41) is 27.6. The van der Waals surface area contributed by atoms with Gasteiger partial charge in [-0.05, 0) is 58.6 Å². The number of rotatable bonds is 11. The number of carboxylic acids is 2. The number of quaternary nitrogens is 1. The zero-order valence-corrected chi connectivity index (χ0v) is 25.1. The van der Waals surface area contributed by atoms with Gasteiger partial charge in [-0.3, -0.25) is 19.7 Å². The maximum absolute atomic E-state index is 13.9. The molecule has 2 saturated carbocycles. The van der Waals surface area contributed by atoms with E-state index in [-0.39, 0.29) is 36.1 Å². The average molecular weight is 591 g/mol. The van der Waals surface area contributed by atoms with E-state index in [1.807, 2.05) is 0 Å². The van der Waals surface area contributed by atoms with Gasteiger partial charge in [-0.2, -0.15) is 0 Å². The second kappa shape index (κ2) is 17.4. The smallest absolute Gasteiger partial charge is 0.351 e. The van der Waals surface area contributed by atoms with E-state index in [1.165, 1.54) is 29.9 Å². The number of likely N-dealkylation sites (N-methyl/N-ethyl adjacent to an activating group) is 1. The molecule has 1 aromatic carbocycles. The highest BCUT2D eigenvalue weighted by Gasteiger charge is 2.34. The Balaban J connectivity index is 0.000000928. The Morgan fingerprint density at radius 1 is 0.952 bits per heavy atom. The summed E-state index contributed by atoms with van der Waals surface area (Å²) >= 11 is 0. The molecule has 2 aliphatic carbocycles. The van der Waals surface area contributed by atoms with Gasteiger partial charge in [0.05, 0.1) is 31.1 Å². The van der Waals surface area contributed by atoms with Gasteiger partial charge >= 0.3 is 5.97 Å². The number of carbonyl (C=O) groups excluding carboxylic acids is 3. The van der Waals surface area contributed by atoms with Crippen molar-refractivity contribution in [1.82, 2.24) is 9.80 Å². The molecular formula is C30H46N4O8. The number of nitrogens with zero attached hydrogens (tertiary/aromatic N) is 3. The highest BCUT2D eigenvalue weighted by Crippen LogP contribution is 2.30. The molecular weight excluding hydrogens is 544 g/mol. The molecule has 3 rings (SSSR count). The van der Waals surface area contributed by atoms with Crippen LogP contribution in [0, 0.1) is 17.0 Å². The van der Waals surface area contributed by atoms with Gasteiger partial charge in [0.25, 0.3) is 11.6 Å². The third-order valence-electron chi connectivity index (χ3n) is 8.39. The van der Waals surface area contributed by atoms with Gasteiger partial charge < -0.3 is 29.7 Å². The molecule has 2 fully saturated rings. The second-order valence-electron chi connectivity index (χ2n) is 11.2. The number of hydrogen-bond donors (Lipinski definition) is 2. The van der Waals surface area contributed by atoms with E-state index in [0.717, 1.165) is 71.0 Å². The number of benzene rings is 1. The van der Waals surface area contributed by atoms with Crippen LogP contribution in [0.2, 0.25) is 0 Å². The first-order chi connectivity index (χ1) is 20.0. The molecule has 1 aromatic rings. The Bertz CT molecular complexity index is 1050. The molecule has 0 heterocycles. The number of amides is 2. The molecule has 234 valence electrons. The Labute approximate surface area is 247 Å². The molecule has 2 aliphatic rings. The van der Waals surface area contributed by atoms with Crippen LogP contribution >= 0.6 is 0 Å². The van der Waals surface area contributed by atoms with Crippen LogP contribution < -0.4 is 10.0 Å². The normalized spacial score (nSPS) is 15.8. The van der Waals surface area contributed by atoms with Gasteiger partial charge in [0, 0.05) is 29.3 Å². The Morgan fingerprint density at radius 2 is 1.45 bits per heavy atom. The Kier molecular flexibility index (Phi) is 14.4. The molecule has 0 aromatic heterocycles. The Hall–Kier alpha value is -3.54. The number of carboxylic acid groups (broad SMARTS) is 2. The van der Waals surface area contributed by atoms with Crippen molar-refractivity contribution in [2.45, 2.75) is 97.1 Å². The Morgan fingerprint density at radius 3 is 1.86 bits per heavy atom. The molecule has 0 unspecified atom stereocenters. The molecule has 0 spiro atoms. The predicted molar refractivity (Wildman–Crippen MR) is 154 cm³/mol. The molecule has 0 aliphatic heterocycles. The molecule has 0 saturated heterocycles. The topological polar surface area (TPSA) is 166 Å². The molecule has 0 bridgehead atoms. The first kappa shape index (κ1) is 34.7. The molecule has 2 N–H and O–H groups in total. The van der Waals surface area contributed by atoms with Gasteiger partial charge in [-0.1, -0.05) is 38.5 Å². The minimum Gasteiger partial charge on any atom is -0.539 e. The van der Waals surface area contributed by atoms with Gasteiger partial charge in [0.15, 0.2) is 5.97 Å². The molecule has 2 amide bonds. The lowest BCUT2D eigenvalue weighted by Gasteiger charge is -2.42. The SMILES string of the molecule is CC[NH+](CC)CCN(CC(=O)N(C1CCCCC1)C1CCCCC1)C(=O)c1ccc([N+](=O)[O-])c(C)c1.O=C([O-])C(=O)O. The standard InChI is InChI=1S/C28H44N4O4.C2H2O4/c1-4-29(5-2)18-19-30(28(34)23-16-17-26(32(35)36)22(3)20-23)21-27(33)31(24-12-8-6-9-13-24)25-14-10-7-11-15-25;3-1(4)2(5)6/h16-17,20,24-25H,4-15,18-19,21H2,1-3H3;(H,3,4)(H,5,6). The van der Waals surface area contributed by atoms with Crippen molar-refractivity contribution >= 4 is 29.4 Å². The van der Waals surface area contributed by atoms with Crippen LogP contribution in [0.3, 0.4) is 0 Å². The fourth-order valence-corrected chi connectivity index (χ4v) is 5.99. The maximum atomic E-state index is 13.9. The second-order valence-corrected chi connectivity index (χ2v) is 11.2. The molecule has 12 nitrogen and oxygen atoms in total. The minimum atomic E-state index is -2.07. The van der Waals surface area contributed by atoms with Crippen molar-refractivity contribution in [2.24, 2.45) is 0 Å². The molecule has 12 heteroatoms. The quantitative estimate of drug-likeness (QED) is 0.223. The van der Waals surface area contributed by atoms with Crippen LogP contribution in [0.25, 0.3) is 0 Å². The van der Waals surface area contributed by atoms with Crippen molar-refractivity contribution in [3.05, 3.63) is 39.4 Å². The van der Waals surface area contributed by atoms with Crippen molar-refractivity contribution in [3.63, 3.8) is 0 Å². The van der Waals surface area contributed by atoms with Crippen LogP contribution in [0.1, 0.15) is 94.0 Å². The van der Waals surface area contributed by atoms with Crippen LogP contribution in [-0.2, 0) is 14.4 Å². The fraction of sp³-hybridized carbons (Fsp3) is 0.667. The van der Waals surface area contributed by atoms with Crippen LogP contribution in [0.5, 0.6) is 0 Å². The summed E-state index contributed by atoms with van der Waals surface area (Å²) in [5.41, 5.74) is 0.863. The number of aryl methyl sites for hydroxylation is 1. The molecule has 0 radical (unpaired) electrons. The zero-order chi connectivity index (χ0) is 31.2. The van der Waals surface area contributed by atoms with Crippen LogP contribution in [0.15, 0.2) is 18.2 Å². The third kappa shape index (κ3) is 10.4. The van der Waals surface area contributed by atoms with E-state index in [9.17, 15) is 19.7 Å². The summed E-state index contributed by atoms with van der Waals surface area (Å²) in [7, 11) is 0. The van der Waals surface area contributed by atoms with Crippen molar-refractivity contribution < 1.29 is 39.2 Å². The number of aliphatic carboxylic acids is 2. The van der Waals surface area contributed by atoms with Crippen molar-refractivity contribution in [1.29, 1.82) is 0 Å². The predicted octanol–water partition coefficient (Wildman–Crippen LogP) is 1.59. The minimum absolute atomic E-state index is 0.00235. The van der Waals surface area contributed by atoms with E-state index in [0.29, 0.717) is 17.7 Å². The molecule has 42 heavy (non-hydrogen) atoms. The largest absolute Gasteiger partial charge is 0.539 e. The number of nitro groups is 1. The van der Waals surface area contributed by atoms with Crippen molar-refractivity contribution in [2.75, 3.05) is 32.7 Å². The number of nitro benzene ring substituents is 1. The van der Waals surface area contributed by atoms with E-state index in [4.69, 9.17) is 19.8 Å². The lowest BCUT2D eigenvalue weighted by atomic mass is 9.88. The van der Waals surface area contributed by atoms with Gasteiger partial charge in [-0.15, -0.1) is 0 Å². The summed E-state index contributed by atoms with van der Waals surface area (Å²) in [4.78, 5) is 61.7. The number of hydrogen-bond acceptors (Lipinski definition) is 7. The van der Waals surface area contributed by atoms with E-state index >= 15 is 0 Å². The van der Waals surface area contributed by atoms with E-state index in [2.05, 4.69) is 18.7 Å². The first-order valence-electron chi connectivity index (χ1n) is 15.1. The van der Waals surface area contributed by atoms with Crippen molar-refractivity contribution in [3.8, 4) is 0 Å². The number of nitrogens with one attached hydrogen (secondary N) is 1. The van der Waals surface area contributed by atoms with Crippen LogP contribution in [0.4, 0.5) is 5.69 Å². The molecule has 0 atom stereocenters. The van der Waals surface area contributed by atoms with E-state index in [1.54, 1.807) is 17.9 Å². The highest BCUT2D eigenvalue weighted by molar-refractivity contribution is 6.26. The average Bonchev–Trinajstić information content (AvgIpc) is 2.98. The lowest BCUT2D eigenvalue weighted by Crippen LogP contribution is -3.12. The van der Waals surface area contributed by atoms with E-state index < -0.39 is 16.9 Å². The summed E-state index contributed by atoms with van der Waals surface area (Å²) < 4.78 is 0. The monoisotopic (exact) mass is 590 g/mol. The third-order valence-corrected chi connectivity index (χ3v) is 8.39. The summed E-state index contributed by atoms with van der Waals surface area (Å²) in [6.45, 7) is 9.15. The summed E-state index contributed by atoms with van der Waals surface area (Å²) in [6.07, 6.45) is 11.4. The highest BCUT2D eigenvalue weighted by atomic mass is 16.6. The number of carbonyl (C=O) groups is 4. The summed E-state index contributed by atoms with van der Waals surface area (Å²) in [6, 6.07) is 5.06. The fourth-order valence-electron chi connectivity index (χ4n) is 5.99. The first-order valence-corrected chi connectivity index (χ1v) is 15.1. The maximum Gasteiger partial charge on any atom is 0.351 e. The van der Waals surface area contributed by atoms with Gasteiger partial charge in [0.1, 0.15) is 6.54 Å². The summed E-state index contributed by atoms with van der Waals surface area (Å²) in [5.74, 6) is -4.17. The zero-order valence-electron chi connectivity index (χ0n) is 25.1. The van der Waals surface area contributed by atoms with Gasteiger partial charge in [0.2, 0.25) is 5.91 Å².